The lowest BCUT2D eigenvalue weighted by atomic mass is 10.0. The molecule has 0 spiro atoms. The van der Waals surface area contributed by atoms with E-state index in [9.17, 15) is 9.59 Å². The molecular formula is C18H23N3O3. The zero-order valence-electron chi connectivity index (χ0n) is 14.4. The van der Waals surface area contributed by atoms with Crippen molar-refractivity contribution in [1.29, 1.82) is 0 Å². The van der Waals surface area contributed by atoms with Gasteiger partial charge in [-0.3, -0.25) is 4.79 Å². The Morgan fingerprint density at radius 3 is 2.62 bits per heavy atom. The number of carbonyl (C=O) groups is 2. The number of aryl methyl sites for hydroxylation is 1. The minimum absolute atomic E-state index is 0.254. The molecule has 0 aliphatic carbocycles. The van der Waals surface area contributed by atoms with Crippen molar-refractivity contribution < 1.29 is 14.3 Å². The number of hydrogen-bond acceptors (Lipinski definition) is 4. The molecule has 0 fully saturated rings. The van der Waals surface area contributed by atoms with Crippen molar-refractivity contribution in [2.45, 2.75) is 33.2 Å². The summed E-state index contributed by atoms with van der Waals surface area (Å²) in [5, 5.41) is 6.97. The number of amides is 1. The molecular weight excluding hydrogens is 306 g/mol. The van der Waals surface area contributed by atoms with Crippen molar-refractivity contribution in [2.24, 2.45) is 5.92 Å². The summed E-state index contributed by atoms with van der Waals surface area (Å²) in [6.45, 7) is 5.95. The highest BCUT2D eigenvalue weighted by atomic mass is 16.5. The van der Waals surface area contributed by atoms with E-state index in [1.165, 1.54) is 13.3 Å². The molecule has 0 saturated carbocycles. The van der Waals surface area contributed by atoms with Crippen LogP contribution in [0.4, 0.5) is 0 Å². The normalized spacial score (nSPS) is 12.0. The summed E-state index contributed by atoms with van der Waals surface area (Å²) in [5.74, 6) is -0.529. The molecule has 0 bridgehead atoms. The molecule has 6 nitrogen and oxygen atoms in total. The fourth-order valence-corrected chi connectivity index (χ4v) is 2.46. The first-order valence-corrected chi connectivity index (χ1v) is 7.91. The lowest BCUT2D eigenvalue weighted by molar-refractivity contribution is -0.143. The number of hydrogen-bond donors (Lipinski definition) is 1. The quantitative estimate of drug-likeness (QED) is 0.827. The van der Waals surface area contributed by atoms with Crippen molar-refractivity contribution in [1.82, 2.24) is 15.1 Å². The third-order valence-corrected chi connectivity index (χ3v) is 3.71. The van der Waals surface area contributed by atoms with Gasteiger partial charge in [-0.25, -0.2) is 9.48 Å². The van der Waals surface area contributed by atoms with Crippen LogP contribution in [0.15, 0.2) is 36.7 Å². The van der Waals surface area contributed by atoms with Gasteiger partial charge >= 0.3 is 5.97 Å². The van der Waals surface area contributed by atoms with Gasteiger partial charge < -0.3 is 10.1 Å². The Morgan fingerprint density at radius 2 is 2.00 bits per heavy atom. The summed E-state index contributed by atoms with van der Waals surface area (Å²) in [7, 11) is 1.32. The molecule has 0 radical (unpaired) electrons. The Hall–Kier alpha value is -2.63. The van der Waals surface area contributed by atoms with E-state index in [2.05, 4.69) is 10.4 Å². The Labute approximate surface area is 141 Å². The maximum Gasteiger partial charge on any atom is 0.328 e. The standard InChI is InChI=1S/C18H23N3O3/c1-12(2)9-15(18(23)24-4)20-17(22)14-10-19-21(11-14)16-8-6-5-7-13(16)3/h5-8,10-12,15H,9H2,1-4H3,(H,20,22). The van der Waals surface area contributed by atoms with Crippen LogP contribution in [0.3, 0.4) is 0 Å². The van der Waals surface area contributed by atoms with Crippen LogP contribution in [0.25, 0.3) is 5.69 Å². The van der Waals surface area contributed by atoms with E-state index in [4.69, 9.17) is 4.74 Å². The van der Waals surface area contributed by atoms with Gasteiger partial charge in [-0.1, -0.05) is 32.0 Å². The number of nitrogens with zero attached hydrogens (tertiary/aromatic N) is 2. The fourth-order valence-electron chi connectivity index (χ4n) is 2.46. The van der Waals surface area contributed by atoms with E-state index in [0.717, 1.165) is 11.3 Å². The molecule has 1 N–H and O–H groups in total. The molecule has 1 amide bonds. The summed E-state index contributed by atoms with van der Waals surface area (Å²) in [4.78, 5) is 24.2. The van der Waals surface area contributed by atoms with E-state index >= 15 is 0 Å². The molecule has 1 atom stereocenters. The Bertz CT molecular complexity index is 722. The Balaban J connectivity index is 2.15. The molecule has 1 aromatic heterocycles. The van der Waals surface area contributed by atoms with Gasteiger partial charge in [-0.2, -0.15) is 5.10 Å². The molecule has 1 unspecified atom stereocenters. The van der Waals surface area contributed by atoms with Gasteiger partial charge in [0.2, 0.25) is 0 Å². The molecule has 0 aliphatic rings. The average Bonchev–Trinajstić information content (AvgIpc) is 3.03. The van der Waals surface area contributed by atoms with Gasteiger partial charge in [0.25, 0.3) is 5.91 Å². The van der Waals surface area contributed by atoms with Crippen LogP contribution in [0, 0.1) is 12.8 Å². The highest BCUT2D eigenvalue weighted by Gasteiger charge is 2.23. The third kappa shape index (κ3) is 4.22. The third-order valence-electron chi connectivity index (χ3n) is 3.71. The first-order chi connectivity index (χ1) is 11.4. The number of aromatic nitrogens is 2. The first kappa shape index (κ1) is 17.7. The lowest BCUT2D eigenvalue weighted by Gasteiger charge is -2.17. The van der Waals surface area contributed by atoms with Crippen LogP contribution in [-0.2, 0) is 9.53 Å². The molecule has 0 aliphatic heterocycles. The van der Waals surface area contributed by atoms with Crippen LogP contribution < -0.4 is 5.32 Å². The maximum atomic E-state index is 12.4. The molecule has 6 heteroatoms. The maximum absolute atomic E-state index is 12.4. The van der Waals surface area contributed by atoms with Gasteiger partial charge in [-0.05, 0) is 30.9 Å². The highest BCUT2D eigenvalue weighted by Crippen LogP contribution is 2.14. The lowest BCUT2D eigenvalue weighted by Crippen LogP contribution is -2.42. The monoisotopic (exact) mass is 329 g/mol. The van der Waals surface area contributed by atoms with Gasteiger partial charge in [0.1, 0.15) is 6.04 Å². The van der Waals surface area contributed by atoms with Crippen LogP contribution in [0.5, 0.6) is 0 Å². The van der Waals surface area contributed by atoms with E-state index < -0.39 is 12.0 Å². The number of benzene rings is 1. The first-order valence-electron chi connectivity index (χ1n) is 7.91. The topological polar surface area (TPSA) is 73.2 Å². The van der Waals surface area contributed by atoms with Crippen molar-refractivity contribution in [3.05, 3.63) is 47.8 Å². The minimum atomic E-state index is -0.663. The van der Waals surface area contributed by atoms with Gasteiger partial charge in [0.05, 0.1) is 24.6 Å². The highest BCUT2D eigenvalue weighted by molar-refractivity contribution is 5.96. The van der Waals surface area contributed by atoms with Crippen LogP contribution >= 0.6 is 0 Å². The number of rotatable bonds is 6. The predicted octanol–water partition coefficient (Wildman–Crippen LogP) is 2.50. The molecule has 1 aromatic carbocycles. The zero-order chi connectivity index (χ0) is 17.7. The SMILES string of the molecule is COC(=O)C(CC(C)C)NC(=O)c1cnn(-c2ccccc2C)c1. The zero-order valence-corrected chi connectivity index (χ0v) is 14.4. The minimum Gasteiger partial charge on any atom is -0.467 e. The van der Waals surface area contributed by atoms with Crippen molar-refractivity contribution in [2.75, 3.05) is 7.11 Å². The fraction of sp³-hybridized carbons (Fsp3) is 0.389. The van der Waals surface area contributed by atoms with E-state index in [1.54, 1.807) is 10.9 Å². The molecule has 0 saturated heterocycles. The van der Waals surface area contributed by atoms with E-state index in [0.29, 0.717) is 12.0 Å². The Kier molecular flexibility index (Phi) is 5.73. The molecule has 128 valence electrons. The number of carbonyl (C=O) groups excluding carboxylic acids is 2. The number of nitrogens with one attached hydrogen (secondary N) is 1. The van der Waals surface area contributed by atoms with Crippen LogP contribution in [0.2, 0.25) is 0 Å². The smallest absolute Gasteiger partial charge is 0.328 e. The van der Waals surface area contributed by atoms with E-state index in [1.807, 2.05) is 45.0 Å². The summed E-state index contributed by atoms with van der Waals surface area (Å²) >= 11 is 0. The van der Waals surface area contributed by atoms with Crippen molar-refractivity contribution >= 4 is 11.9 Å². The van der Waals surface area contributed by atoms with Gasteiger partial charge in [0.15, 0.2) is 0 Å². The summed E-state index contributed by atoms with van der Waals surface area (Å²) in [6, 6.07) is 7.11. The summed E-state index contributed by atoms with van der Waals surface area (Å²) in [5.41, 5.74) is 2.36. The van der Waals surface area contributed by atoms with E-state index in [-0.39, 0.29) is 11.8 Å². The van der Waals surface area contributed by atoms with Gasteiger partial charge in [0, 0.05) is 6.20 Å². The number of para-hydroxylation sites is 1. The second-order valence-corrected chi connectivity index (χ2v) is 6.14. The van der Waals surface area contributed by atoms with Crippen molar-refractivity contribution in [3.63, 3.8) is 0 Å². The number of methoxy groups -OCH3 is 1. The summed E-state index contributed by atoms with van der Waals surface area (Å²) < 4.78 is 6.42. The molecule has 2 rings (SSSR count). The van der Waals surface area contributed by atoms with Crippen LogP contribution in [0.1, 0.15) is 36.2 Å². The van der Waals surface area contributed by atoms with Crippen molar-refractivity contribution in [3.8, 4) is 5.69 Å². The molecule has 2 aromatic rings. The largest absolute Gasteiger partial charge is 0.467 e. The second kappa shape index (κ2) is 7.77. The molecule has 1 heterocycles. The Morgan fingerprint density at radius 1 is 1.29 bits per heavy atom. The summed E-state index contributed by atoms with van der Waals surface area (Å²) in [6.07, 6.45) is 3.66. The van der Waals surface area contributed by atoms with Gasteiger partial charge in [-0.15, -0.1) is 0 Å². The second-order valence-electron chi connectivity index (χ2n) is 6.14. The number of esters is 1. The molecule has 24 heavy (non-hydrogen) atoms. The number of ether oxygens (including phenoxy) is 1. The predicted molar refractivity (Wildman–Crippen MR) is 91.0 cm³/mol. The van der Waals surface area contributed by atoms with Crippen LogP contribution in [-0.4, -0.2) is 34.8 Å². The average molecular weight is 329 g/mol.